The maximum absolute atomic E-state index is 12.9. The van der Waals surface area contributed by atoms with Crippen molar-refractivity contribution in [2.45, 2.75) is 72.1 Å². The van der Waals surface area contributed by atoms with Crippen LogP contribution in [0.4, 0.5) is 0 Å². The van der Waals surface area contributed by atoms with E-state index in [-0.39, 0.29) is 28.4 Å². The SMILES string of the molecule is CC(=O)[C@@H]1CC[C@@H]2[C@@H]3CC(=O)[C@H]4CC(=O)CC[C@]4(C)[C@H]3CC[C@]21C. The molecule has 0 N–H and O–H groups in total. The number of carbonyl (C=O) groups excluding carboxylic acids is 3. The molecule has 0 aliphatic heterocycles. The van der Waals surface area contributed by atoms with Crippen molar-refractivity contribution in [3.63, 3.8) is 0 Å². The summed E-state index contributed by atoms with van der Waals surface area (Å²) in [4.78, 5) is 37.0. The van der Waals surface area contributed by atoms with Crippen molar-refractivity contribution in [2.75, 3.05) is 0 Å². The Kier molecular flexibility index (Phi) is 3.61. The van der Waals surface area contributed by atoms with E-state index in [2.05, 4.69) is 13.8 Å². The summed E-state index contributed by atoms with van der Waals surface area (Å²) in [5.41, 5.74) is 0.116. The molecule has 24 heavy (non-hydrogen) atoms. The molecule has 0 radical (unpaired) electrons. The second-order valence-electron chi connectivity index (χ2n) is 9.63. The summed E-state index contributed by atoms with van der Waals surface area (Å²) in [6, 6.07) is 0. The van der Waals surface area contributed by atoms with Crippen LogP contribution in [0.3, 0.4) is 0 Å². The number of carbonyl (C=O) groups is 3. The molecule has 3 nitrogen and oxygen atoms in total. The van der Waals surface area contributed by atoms with Crippen molar-refractivity contribution in [2.24, 2.45) is 40.4 Å². The van der Waals surface area contributed by atoms with Crippen LogP contribution in [-0.2, 0) is 14.4 Å². The zero-order chi connectivity index (χ0) is 17.3. The van der Waals surface area contributed by atoms with Crippen molar-refractivity contribution in [1.29, 1.82) is 0 Å². The minimum atomic E-state index is -0.0330. The molecule has 4 fully saturated rings. The van der Waals surface area contributed by atoms with Crippen LogP contribution in [0.2, 0.25) is 0 Å². The molecule has 132 valence electrons. The Hall–Kier alpha value is -0.990. The third kappa shape index (κ3) is 2.05. The first-order valence-electron chi connectivity index (χ1n) is 9.82. The quantitative estimate of drug-likeness (QED) is 0.730. The average Bonchev–Trinajstić information content (AvgIpc) is 2.87. The molecule has 0 unspecified atom stereocenters. The Morgan fingerprint density at radius 3 is 2.38 bits per heavy atom. The Balaban J connectivity index is 1.68. The highest BCUT2D eigenvalue weighted by Crippen LogP contribution is 2.66. The molecule has 4 aliphatic rings. The Labute approximate surface area is 144 Å². The number of fused-ring (bicyclic) bond motifs is 5. The molecule has 4 saturated carbocycles. The van der Waals surface area contributed by atoms with Gasteiger partial charge in [-0.15, -0.1) is 0 Å². The van der Waals surface area contributed by atoms with Gasteiger partial charge in [0.1, 0.15) is 17.3 Å². The first-order valence-corrected chi connectivity index (χ1v) is 9.82. The smallest absolute Gasteiger partial charge is 0.137 e. The maximum Gasteiger partial charge on any atom is 0.137 e. The van der Waals surface area contributed by atoms with Gasteiger partial charge in [-0.3, -0.25) is 14.4 Å². The third-order valence-corrected chi connectivity index (χ3v) is 8.77. The number of rotatable bonds is 1. The van der Waals surface area contributed by atoms with E-state index in [1.807, 2.05) is 0 Å². The fourth-order valence-corrected chi connectivity index (χ4v) is 7.50. The molecule has 0 saturated heterocycles. The number of hydrogen-bond donors (Lipinski definition) is 0. The summed E-state index contributed by atoms with van der Waals surface area (Å²) in [5.74, 6) is 2.64. The zero-order valence-electron chi connectivity index (χ0n) is 15.3. The van der Waals surface area contributed by atoms with E-state index in [1.54, 1.807) is 6.92 Å². The van der Waals surface area contributed by atoms with Crippen LogP contribution >= 0.6 is 0 Å². The van der Waals surface area contributed by atoms with Crippen molar-refractivity contribution in [1.82, 2.24) is 0 Å². The van der Waals surface area contributed by atoms with Gasteiger partial charge in [0.05, 0.1) is 0 Å². The molecule has 0 amide bonds. The van der Waals surface area contributed by atoms with Gasteiger partial charge < -0.3 is 0 Å². The van der Waals surface area contributed by atoms with Gasteiger partial charge in [-0.05, 0) is 67.6 Å². The van der Waals surface area contributed by atoms with Crippen LogP contribution in [0.15, 0.2) is 0 Å². The van der Waals surface area contributed by atoms with Gasteiger partial charge in [0.2, 0.25) is 0 Å². The van der Waals surface area contributed by atoms with E-state index in [4.69, 9.17) is 0 Å². The van der Waals surface area contributed by atoms with E-state index in [9.17, 15) is 14.4 Å². The summed E-state index contributed by atoms with van der Waals surface area (Å²) in [6.45, 7) is 6.36. The predicted octanol–water partition coefficient (Wildman–Crippen LogP) is 3.98. The molecule has 0 bridgehead atoms. The molecular weight excluding hydrogens is 300 g/mol. The highest BCUT2D eigenvalue weighted by Gasteiger charge is 2.62. The fraction of sp³-hybridized carbons (Fsp3) is 0.857. The first-order chi connectivity index (χ1) is 11.3. The van der Waals surface area contributed by atoms with Gasteiger partial charge >= 0.3 is 0 Å². The second-order valence-corrected chi connectivity index (χ2v) is 9.63. The summed E-state index contributed by atoms with van der Waals surface area (Å²) >= 11 is 0. The molecule has 4 rings (SSSR count). The molecule has 0 aromatic rings. The fourth-order valence-electron chi connectivity index (χ4n) is 7.50. The largest absolute Gasteiger partial charge is 0.300 e. The second kappa shape index (κ2) is 5.25. The van der Waals surface area contributed by atoms with Crippen LogP contribution in [0, 0.1) is 40.4 Å². The van der Waals surface area contributed by atoms with E-state index in [1.165, 1.54) is 0 Å². The van der Waals surface area contributed by atoms with Gasteiger partial charge in [0, 0.05) is 31.1 Å². The summed E-state index contributed by atoms with van der Waals surface area (Å²) in [6.07, 6.45) is 7.05. The topological polar surface area (TPSA) is 51.2 Å². The van der Waals surface area contributed by atoms with Crippen LogP contribution in [0.25, 0.3) is 0 Å². The molecule has 0 aromatic heterocycles. The lowest BCUT2D eigenvalue weighted by molar-refractivity contribution is -0.159. The van der Waals surface area contributed by atoms with Crippen molar-refractivity contribution < 1.29 is 14.4 Å². The minimum absolute atomic E-state index is 0.0174. The lowest BCUT2D eigenvalue weighted by Crippen LogP contribution is -2.56. The molecule has 7 atom stereocenters. The molecule has 0 spiro atoms. The maximum atomic E-state index is 12.9. The summed E-state index contributed by atoms with van der Waals surface area (Å²) in [7, 11) is 0. The van der Waals surface area contributed by atoms with Gasteiger partial charge in [-0.25, -0.2) is 0 Å². The monoisotopic (exact) mass is 330 g/mol. The molecular formula is C21H30O3. The molecule has 0 heterocycles. The zero-order valence-corrected chi connectivity index (χ0v) is 15.3. The van der Waals surface area contributed by atoms with Gasteiger partial charge in [0.25, 0.3) is 0 Å². The molecule has 0 aromatic carbocycles. The van der Waals surface area contributed by atoms with Crippen LogP contribution in [0.1, 0.15) is 72.1 Å². The van der Waals surface area contributed by atoms with E-state index >= 15 is 0 Å². The van der Waals surface area contributed by atoms with E-state index in [0.717, 1.165) is 32.1 Å². The Morgan fingerprint density at radius 2 is 1.67 bits per heavy atom. The number of ketones is 3. The average molecular weight is 330 g/mol. The number of Topliss-reactive ketones (excluding diaryl/α,β-unsaturated/α-hetero) is 3. The third-order valence-electron chi connectivity index (χ3n) is 8.77. The standard InChI is InChI=1S/C21H30O3/c1-12(22)15-4-5-16-14-11-19(24)18-10-13(23)6-8-21(18,3)17(14)7-9-20(15,16)2/h14-18H,4-11H2,1-3H3/t14-,15-,16+,17-,18+,20-,21+/m0/s1. The van der Waals surface area contributed by atoms with Crippen molar-refractivity contribution in [3.8, 4) is 0 Å². The lowest BCUT2D eigenvalue weighted by Gasteiger charge is -2.59. The van der Waals surface area contributed by atoms with E-state index < -0.39 is 0 Å². The van der Waals surface area contributed by atoms with Crippen LogP contribution in [0.5, 0.6) is 0 Å². The van der Waals surface area contributed by atoms with Crippen molar-refractivity contribution in [3.05, 3.63) is 0 Å². The van der Waals surface area contributed by atoms with Gasteiger partial charge in [-0.1, -0.05) is 13.8 Å². The van der Waals surface area contributed by atoms with Crippen LogP contribution in [-0.4, -0.2) is 17.3 Å². The predicted molar refractivity (Wildman–Crippen MR) is 91.3 cm³/mol. The highest BCUT2D eigenvalue weighted by atomic mass is 16.1. The first kappa shape index (κ1) is 16.5. The number of hydrogen-bond acceptors (Lipinski definition) is 3. The Morgan fingerprint density at radius 1 is 0.958 bits per heavy atom. The van der Waals surface area contributed by atoms with Gasteiger partial charge in [0.15, 0.2) is 0 Å². The van der Waals surface area contributed by atoms with Gasteiger partial charge in [-0.2, -0.15) is 0 Å². The molecule has 4 aliphatic carbocycles. The Bertz CT molecular complexity index is 608. The summed E-state index contributed by atoms with van der Waals surface area (Å²) in [5, 5.41) is 0. The molecule has 3 heteroatoms. The lowest BCUT2D eigenvalue weighted by atomic mass is 9.44. The van der Waals surface area contributed by atoms with E-state index in [0.29, 0.717) is 48.6 Å². The normalized spacial score (nSPS) is 50.9. The highest BCUT2D eigenvalue weighted by molar-refractivity contribution is 5.91. The minimum Gasteiger partial charge on any atom is -0.300 e. The van der Waals surface area contributed by atoms with Crippen LogP contribution < -0.4 is 0 Å². The summed E-state index contributed by atoms with van der Waals surface area (Å²) < 4.78 is 0. The van der Waals surface area contributed by atoms with Crippen molar-refractivity contribution >= 4 is 17.3 Å².